The van der Waals surface area contributed by atoms with Crippen LogP contribution in [-0.4, -0.2) is 29.3 Å². The first-order valence-electron chi connectivity index (χ1n) is 7.66. The van der Waals surface area contributed by atoms with Crippen molar-refractivity contribution in [3.05, 3.63) is 12.2 Å². The molecular formula is C15H31O3Si. The summed E-state index contributed by atoms with van der Waals surface area (Å²) in [6.45, 7) is 10.7. The van der Waals surface area contributed by atoms with Crippen LogP contribution in [0.2, 0.25) is 0 Å². The Morgan fingerprint density at radius 1 is 0.947 bits per heavy atom. The van der Waals surface area contributed by atoms with Gasteiger partial charge in [0.05, 0.1) is 0 Å². The summed E-state index contributed by atoms with van der Waals surface area (Å²) in [4.78, 5) is 0. The largest absolute Gasteiger partial charge is 0.577 e. The molecule has 1 atom stereocenters. The Kier molecular flexibility index (Phi) is 14.1. The first kappa shape index (κ1) is 18.8. The van der Waals surface area contributed by atoms with Gasteiger partial charge in [-0.3, -0.25) is 0 Å². The lowest BCUT2D eigenvalue weighted by Crippen LogP contribution is -2.30. The van der Waals surface area contributed by atoms with E-state index in [4.69, 9.17) is 13.3 Å². The van der Waals surface area contributed by atoms with Gasteiger partial charge in [-0.15, -0.1) is 0 Å². The van der Waals surface area contributed by atoms with Gasteiger partial charge in [0.25, 0.3) is 0 Å². The molecule has 3 nitrogen and oxygen atoms in total. The van der Waals surface area contributed by atoms with E-state index in [0.717, 1.165) is 45.3 Å². The molecule has 0 fully saturated rings. The van der Waals surface area contributed by atoms with Crippen molar-refractivity contribution >= 4 is 9.53 Å². The lowest BCUT2D eigenvalue weighted by atomic mass is 10.1. The normalized spacial score (nSPS) is 13.5. The molecule has 0 bridgehead atoms. The number of unbranched alkanes of at least 4 members (excludes halogenated alkanes) is 2. The van der Waals surface area contributed by atoms with Crippen molar-refractivity contribution in [1.29, 1.82) is 0 Å². The van der Waals surface area contributed by atoms with Crippen molar-refractivity contribution in [1.82, 2.24) is 0 Å². The van der Waals surface area contributed by atoms with E-state index in [-0.39, 0.29) is 0 Å². The maximum atomic E-state index is 5.85. The maximum absolute atomic E-state index is 5.85. The molecule has 0 N–H and O–H groups in total. The summed E-state index contributed by atoms with van der Waals surface area (Å²) in [5.41, 5.74) is 0. The predicted octanol–water partition coefficient (Wildman–Crippen LogP) is 4.22. The average Bonchev–Trinajstić information content (AvgIpc) is 2.43. The van der Waals surface area contributed by atoms with Crippen LogP contribution in [0.3, 0.4) is 0 Å². The molecule has 19 heavy (non-hydrogen) atoms. The summed E-state index contributed by atoms with van der Waals surface area (Å²) in [6.07, 6.45) is 9.78. The van der Waals surface area contributed by atoms with E-state index in [1.54, 1.807) is 0 Å². The second-order valence-electron chi connectivity index (χ2n) is 4.66. The van der Waals surface area contributed by atoms with Crippen molar-refractivity contribution in [3.63, 3.8) is 0 Å². The van der Waals surface area contributed by atoms with Crippen LogP contribution < -0.4 is 0 Å². The summed E-state index contributed by atoms with van der Waals surface area (Å²) in [5, 5.41) is 0. The first-order chi connectivity index (χ1) is 9.28. The summed E-state index contributed by atoms with van der Waals surface area (Å²) >= 11 is 0. The molecule has 0 aliphatic rings. The summed E-state index contributed by atoms with van der Waals surface area (Å²) in [5.74, 6) is 0.467. The van der Waals surface area contributed by atoms with Crippen molar-refractivity contribution < 1.29 is 13.3 Å². The monoisotopic (exact) mass is 287 g/mol. The predicted molar refractivity (Wildman–Crippen MR) is 82.0 cm³/mol. The van der Waals surface area contributed by atoms with Crippen molar-refractivity contribution in [2.45, 2.75) is 59.8 Å². The Balaban J connectivity index is 4.00. The fourth-order valence-electron chi connectivity index (χ4n) is 1.48. The molecule has 0 heterocycles. The van der Waals surface area contributed by atoms with Gasteiger partial charge in [-0.1, -0.05) is 45.8 Å². The topological polar surface area (TPSA) is 27.7 Å². The molecule has 0 aromatic carbocycles. The van der Waals surface area contributed by atoms with E-state index in [1.165, 1.54) is 0 Å². The fraction of sp³-hybridized carbons (Fsp3) is 0.867. The molecule has 0 aromatic rings. The van der Waals surface area contributed by atoms with Crippen LogP contribution in [0, 0.1) is 5.92 Å². The molecule has 0 rings (SSSR count). The number of rotatable bonds is 13. The molecule has 1 unspecified atom stereocenters. The van der Waals surface area contributed by atoms with E-state index >= 15 is 0 Å². The van der Waals surface area contributed by atoms with Gasteiger partial charge in [0, 0.05) is 19.8 Å². The Labute approximate surface area is 121 Å². The molecule has 4 heteroatoms. The van der Waals surface area contributed by atoms with Gasteiger partial charge in [0.15, 0.2) is 0 Å². The second kappa shape index (κ2) is 14.3. The average molecular weight is 287 g/mol. The molecule has 0 aliphatic carbocycles. The standard InChI is InChI=1S/C15H31O3Si/c1-5-9-12-16-19(17-13-10-6-2)18-14-15(8-4)11-7-3/h7,11,15H,5-6,8-10,12-14H2,1-4H3/b11-7+. The zero-order valence-electron chi connectivity index (χ0n) is 13.1. The molecule has 0 aromatic heterocycles. The molecule has 113 valence electrons. The summed E-state index contributed by atoms with van der Waals surface area (Å²) < 4.78 is 17.3. The third kappa shape index (κ3) is 11.4. The van der Waals surface area contributed by atoms with Gasteiger partial charge >= 0.3 is 9.53 Å². The lowest BCUT2D eigenvalue weighted by molar-refractivity contribution is 0.0826. The Morgan fingerprint density at radius 3 is 1.95 bits per heavy atom. The minimum atomic E-state index is -1.55. The highest BCUT2D eigenvalue weighted by Gasteiger charge is 2.20. The number of allylic oxidation sites excluding steroid dienone is 1. The van der Waals surface area contributed by atoms with Crippen LogP contribution in [-0.2, 0) is 13.3 Å². The quantitative estimate of drug-likeness (QED) is 0.288. The van der Waals surface area contributed by atoms with Crippen molar-refractivity contribution in [3.8, 4) is 0 Å². The van der Waals surface area contributed by atoms with Crippen molar-refractivity contribution in [2.24, 2.45) is 5.92 Å². The number of hydrogen-bond acceptors (Lipinski definition) is 3. The van der Waals surface area contributed by atoms with Gasteiger partial charge in [-0.05, 0) is 32.1 Å². The van der Waals surface area contributed by atoms with Crippen LogP contribution in [0.5, 0.6) is 0 Å². The number of hydrogen-bond donors (Lipinski definition) is 0. The van der Waals surface area contributed by atoms with Crippen LogP contribution >= 0.6 is 0 Å². The lowest BCUT2D eigenvalue weighted by Gasteiger charge is -2.17. The molecule has 0 saturated carbocycles. The van der Waals surface area contributed by atoms with Gasteiger partial charge < -0.3 is 13.3 Å². The van der Waals surface area contributed by atoms with Crippen LogP contribution in [0.15, 0.2) is 12.2 Å². The van der Waals surface area contributed by atoms with Gasteiger partial charge in [0.2, 0.25) is 0 Å². The molecule has 0 aliphatic heterocycles. The van der Waals surface area contributed by atoms with Crippen molar-refractivity contribution in [2.75, 3.05) is 19.8 Å². The maximum Gasteiger partial charge on any atom is 0.577 e. The zero-order chi connectivity index (χ0) is 14.3. The highest BCUT2D eigenvalue weighted by molar-refractivity contribution is 6.36. The molecule has 1 radical (unpaired) electrons. The van der Waals surface area contributed by atoms with E-state index in [1.807, 2.05) is 6.92 Å². The SMILES string of the molecule is C/C=C/C(CC)CO[Si](OCCCC)OCCCC. The molecular weight excluding hydrogens is 256 g/mol. The van der Waals surface area contributed by atoms with Crippen LogP contribution in [0.4, 0.5) is 0 Å². The van der Waals surface area contributed by atoms with E-state index in [2.05, 4.69) is 32.9 Å². The second-order valence-corrected chi connectivity index (χ2v) is 6.03. The Hall–Kier alpha value is -0.163. The minimum absolute atomic E-state index is 0.467. The van der Waals surface area contributed by atoms with E-state index in [0.29, 0.717) is 12.5 Å². The molecule has 0 saturated heterocycles. The third-order valence-electron chi connectivity index (χ3n) is 2.84. The van der Waals surface area contributed by atoms with Crippen LogP contribution in [0.1, 0.15) is 59.8 Å². The third-order valence-corrected chi connectivity index (χ3v) is 4.12. The van der Waals surface area contributed by atoms with E-state index < -0.39 is 9.53 Å². The van der Waals surface area contributed by atoms with Gasteiger partial charge in [0.1, 0.15) is 0 Å². The fourth-order valence-corrected chi connectivity index (χ4v) is 2.70. The highest BCUT2D eigenvalue weighted by atomic mass is 28.3. The Bertz CT molecular complexity index is 200. The smallest absolute Gasteiger partial charge is 0.371 e. The summed E-state index contributed by atoms with van der Waals surface area (Å²) in [6, 6.07) is 0. The summed E-state index contributed by atoms with van der Waals surface area (Å²) in [7, 11) is -1.55. The Morgan fingerprint density at radius 2 is 1.53 bits per heavy atom. The molecule has 0 amide bonds. The first-order valence-corrected chi connectivity index (χ1v) is 8.88. The van der Waals surface area contributed by atoms with E-state index in [9.17, 15) is 0 Å². The molecule has 0 spiro atoms. The minimum Gasteiger partial charge on any atom is -0.371 e. The van der Waals surface area contributed by atoms with Gasteiger partial charge in [-0.25, -0.2) is 0 Å². The van der Waals surface area contributed by atoms with Crippen LogP contribution in [0.25, 0.3) is 0 Å². The zero-order valence-corrected chi connectivity index (χ0v) is 14.1. The van der Waals surface area contributed by atoms with Gasteiger partial charge in [-0.2, -0.15) is 0 Å². The highest BCUT2D eigenvalue weighted by Crippen LogP contribution is 2.07.